The van der Waals surface area contributed by atoms with Crippen molar-refractivity contribution in [3.05, 3.63) is 53.6 Å². The Balaban J connectivity index is 1.39. The molecule has 6 heteroatoms. The van der Waals surface area contributed by atoms with E-state index < -0.39 is 6.10 Å². The number of benzene rings is 1. The van der Waals surface area contributed by atoms with Crippen molar-refractivity contribution in [2.24, 2.45) is 5.92 Å². The number of hydrogen-bond acceptors (Lipinski definition) is 5. The molecule has 4 rings (SSSR count). The summed E-state index contributed by atoms with van der Waals surface area (Å²) in [6.45, 7) is 4.45. The Hall–Kier alpha value is -2.31. The van der Waals surface area contributed by atoms with Crippen molar-refractivity contribution < 1.29 is 9.90 Å². The van der Waals surface area contributed by atoms with Crippen molar-refractivity contribution in [3.63, 3.8) is 0 Å². The molecule has 0 aliphatic carbocycles. The smallest absolute Gasteiger partial charge is 0.241 e. The fraction of sp³-hybridized carbons (Fsp3) is 0.476. The van der Waals surface area contributed by atoms with Gasteiger partial charge in [0.2, 0.25) is 5.91 Å². The van der Waals surface area contributed by atoms with E-state index in [-0.39, 0.29) is 11.8 Å². The molecule has 142 valence electrons. The van der Waals surface area contributed by atoms with Crippen LogP contribution < -0.4 is 4.90 Å². The topological polar surface area (TPSA) is 69.6 Å². The van der Waals surface area contributed by atoms with E-state index in [1.807, 2.05) is 4.90 Å². The first-order valence-corrected chi connectivity index (χ1v) is 9.65. The van der Waals surface area contributed by atoms with Crippen molar-refractivity contribution in [1.82, 2.24) is 14.9 Å². The highest BCUT2D eigenvalue weighted by molar-refractivity contribution is 5.96. The monoisotopic (exact) mass is 366 g/mol. The van der Waals surface area contributed by atoms with E-state index in [9.17, 15) is 9.90 Å². The molecule has 2 atom stereocenters. The molecule has 0 spiro atoms. The summed E-state index contributed by atoms with van der Waals surface area (Å²) in [5.74, 6) is 0.206. The van der Waals surface area contributed by atoms with Gasteiger partial charge in [0, 0.05) is 49.8 Å². The Morgan fingerprint density at radius 2 is 2.19 bits per heavy atom. The molecular weight excluding hydrogens is 340 g/mol. The minimum absolute atomic E-state index is 0.0887. The maximum Gasteiger partial charge on any atom is 0.241 e. The van der Waals surface area contributed by atoms with E-state index >= 15 is 0 Å². The summed E-state index contributed by atoms with van der Waals surface area (Å²) in [7, 11) is 0. The third kappa shape index (κ3) is 4.01. The average molecular weight is 366 g/mol. The van der Waals surface area contributed by atoms with Gasteiger partial charge in [0.15, 0.2) is 0 Å². The summed E-state index contributed by atoms with van der Waals surface area (Å²) in [6.07, 6.45) is 7.35. The van der Waals surface area contributed by atoms with Crippen LogP contribution in [0.25, 0.3) is 0 Å². The molecule has 3 heterocycles. The first-order chi connectivity index (χ1) is 13.1. The summed E-state index contributed by atoms with van der Waals surface area (Å²) in [5.41, 5.74) is 4.43. The van der Waals surface area contributed by atoms with E-state index in [1.54, 1.807) is 18.6 Å². The minimum Gasteiger partial charge on any atom is -0.391 e. The Bertz CT molecular complexity index is 811. The van der Waals surface area contributed by atoms with Crippen molar-refractivity contribution in [3.8, 4) is 0 Å². The third-order valence-electron chi connectivity index (χ3n) is 5.58. The lowest BCUT2D eigenvalue weighted by Crippen LogP contribution is -2.42. The van der Waals surface area contributed by atoms with Gasteiger partial charge in [-0.15, -0.1) is 0 Å². The summed E-state index contributed by atoms with van der Waals surface area (Å²) in [6, 6.07) is 6.32. The SMILES string of the molecule is Cc1ccc2c(c1)CCCN2C(=O)CN1C[C@@H](Cc2cnccn2)[C@H](O)C1. The minimum atomic E-state index is -0.434. The first-order valence-electron chi connectivity index (χ1n) is 9.65. The highest BCUT2D eigenvalue weighted by Crippen LogP contribution is 2.28. The largest absolute Gasteiger partial charge is 0.391 e. The fourth-order valence-electron chi connectivity index (χ4n) is 4.24. The number of nitrogens with zero attached hydrogens (tertiary/aromatic N) is 4. The number of aromatic nitrogens is 2. The number of β-amino-alcohol motifs (C(OH)–C–C–N with tert-alkyl or cyclic N) is 1. The van der Waals surface area contributed by atoms with Crippen LogP contribution >= 0.6 is 0 Å². The quantitative estimate of drug-likeness (QED) is 0.890. The van der Waals surface area contributed by atoms with Crippen molar-refractivity contribution in [2.45, 2.75) is 32.3 Å². The number of aryl methyl sites for hydroxylation is 2. The zero-order valence-electron chi connectivity index (χ0n) is 15.7. The van der Waals surface area contributed by atoms with Crippen LogP contribution in [0.15, 0.2) is 36.8 Å². The average Bonchev–Trinajstić information content (AvgIpc) is 3.00. The molecule has 0 saturated carbocycles. The Morgan fingerprint density at radius 1 is 1.30 bits per heavy atom. The number of carbonyl (C=O) groups excluding carboxylic acids is 1. The second-order valence-electron chi connectivity index (χ2n) is 7.70. The van der Waals surface area contributed by atoms with Gasteiger partial charge in [-0.25, -0.2) is 0 Å². The number of rotatable bonds is 4. The molecule has 1 amide bonds. The van der Waals surface area contributed by atoms with Crippen LogP contribution in [0.5, 0.6) is 0 Å². The highest BCUT2D eigenvalue weighted by atomic mass is 16.3. The summed E-state index contributed by atoms with van der Waals surface area (Å²) >= 11 is 0. The number of likely N-dealkylation sites (tertiary alicyclic amines) is 1. The van der Waals surface area contributed by atoms with Crippen LogP contribution in [0.2, 0.25) is 0 Å². The van der Waals surface area contributed by atoms with Crippen LogP contribution in [0.4, 0.5) is 5.69 Å². The molecule has 1 N–H and O–H groups in total. The zero-order valence-corrected chi connectivity index (χ0v) is 15.7. The Morgan fingerprint density at radius 3 is 3.00 bits per heavy atom. The third-order valence-corrected chi connectivity index (χ3v) is 5.58. The summed E-state index contributed by atoms with van der Waals surface area (Å²) in [4.78, 5) is 25.3. The van der Waals surface area contributed by atoms with Gasteiger partial charge in [0.05, 0.1) is 18.3 Å². The van der Waals surface area contributed by atoms with Gasteiger partial charge in [-0.2, -0.15) is 0 Å². The molecule has 27 heavy (non-hydrogen) atoms. The Labute approximate surface area is 159 Å². The number of aliphatic hydroxyl groups is 1. The normalized spacial score (nSPS) is 22.7. The molecule has 2 aliphatic rings. The van der Waals surface area contributed by atoms with E-state index in [4.69, 9.17) is 0 Å². The fourth-order valence-corrected chi connectivity index (χ4v) is 4.24. The molecule has 1 aromatic carbocycles. The van der Waals surface area contributed by atoms with E-state index in [1.165, 1.54) is 11.1 Å². The number of anilines is 1. The predicted octanol–water partition coefficient (Wildman–Crippen LogP) is 1.60. The zero-order chi connectivity index (χ0) is 18.8. The maximum atomic E-state index is 13.0. The van der Waals surface area contributed by atoms with E-state index in [0.29, 0.717) is 26.1 Å². The first kappa shape index (κ1) is 18.1. The van der Waals surface area contributed by atoms with Crippen molar-refractivity contribution in [1.29, 1.82) is 0 Å². The van der Waals surface area contributed by atoms with E-state index in [0.717, 1.165) is 30.8 Å². The molecule has 2 aliphatic heterocycles. The molecule has 1 aromatic heterocycles. The summed E-state index contributed by atoms with van der Waals surface area (Å²) in [5, 5.41) is 10.4. The van der Waals surface area contributed by atoms with Gasteiger partial charge in [-0.1, -0.05) is 17.7 Å². The molecule has 6 nitrogen and oxygen atoms in total. The lowest BCUT2D eigenvalue weighted by Gasteiger charge is -2.31. The van der Waals surface area contributed by atoms with Crippen LogP contribution in [0.3, 0.4) is 0 Å². The number of aliphatic hydroxyl groups excluding tert-OH is 1. The second-order valence-corrected chi connectivity index (χ2v) is 7.70. The second kappa shape index (κ2) is 7.74. The van der Waals surface area contributed by atoms with Gasteiger partial charge in [0.25, 0.3) is 0 Å². The lowest BCUT2D eigenvalue weighted by molar-refractivity contribution is -0.119. The van der Waals surface area contributed by atoms with Gasteiger partial charge in [-0.3, -0.25) is 19.7 Å². The van der Waals surface area contributed by atoms with Gasteiger partial charge in [0.1, 0.15) is 0 Å². The number of fused-ring (bicyclic) bond motifs is 1. The maximum absolute atomic E-state index is 13.0. The van der Waals surface area contributed by atoms with Crippen LogP contribution in [-0.4, -0.2) is 58.2 Å². The molecule has 1 saturated heterocycles. The Kier molecular flexibility index (Phi) is 5.18. The van der Waals surface area contributed by atoms with Crippen LogP contribution in [0, 0.1) is 12.8 Å². The van der Waals surface area contributed by atoms with Gasteiger partial charge < -0.3 is 10.0 Å². The number of hydrogen-bond donors (Lipinski definition) is 1. The van der Waals surface area contributed by atoms with Gasteiger partial charge in [-0.05, 0) is 37.8 Å². The number of carbonyl (C=O) groups is 1. The van der Waals surface area contributed by atoms with Crippen molar-refractivity contribution in [2.75, 3.05) is 31.1 Å². The standard InChI is InChI=1S/C21H26N4O2/c1-15-4-5-19-16(9-15)3-2-8-25(19)21(27)14-24-12-17(20(26)13-24)10-18-11-22-6-7-23-18/h4-7,9,11,17,20,26H,2-3,8,10,12-14H2,1H3/t17-,20-/m1/s1. The van der Waals surface area contributed by atoms with Gasteiger partial charge >= 0.3 is 0 Å². The van der Waals surface area contributed by atoms with E-state index in [2.05, 4.69) is 40.0 Å². The molecular formula is C21H26N4O2. The molecule has 1 fully saturated rings. The summed E-state index contributed by atoms with van der Waals surface area (Å²) < 4.78 is 0. The predicted molar refractivity (Wildman–Crippen MR) is 104 cm³/mol. The van der Waals surface area contributed by atoms with Crippen molar-refractivity contribution >= 4 is 11.6 Å². The molecule has 0 unspecified atom stereocenters. The highest BCUT2D eigenvalue weighted by Gasteiger charge is 2.34. The molecule has 0 bridgehead atoms. The number of amides is 1. The van der Waals surface area contributed by atoms with Crippen LogP contribution in [-0.2, 0) is 17.6 Å². The van der Waals surface area contributed by atoms with Crippen LogP contribution in [0.1, 0.15) is 23.2 Å². The molecule has 0 radical (unpaired) electrons. The molecule has 2 aromatic rings. The lowest BCUT2D eigenvalue weighted by atomic mass is 9.99.